The number of benzene rings is 2. The molecule has 0 aromatic heterocycles. The maximum Gasteiger partial charge on any atom is 0.262 e. The van der Waals surface area contributed by atoms with E-state index in [4.69, 9.17) is 4.74 Å². The van der Waals surface area contributed by atoms with Crippen molar-refractivity contribution in [1.29, 1.82) is 0 Å². The van der Waals surface area contributed by atoms with Gasteiger partial charge in [0.05, 0.1) is 5.69 Å². The highest BCUT2D eigenvalue weighted by atomic mass is 16.5. The highest BCUT2D eigenvalue weighted by Gasteiger charge is 2.10. The second-order valence-corrected chi connectivity index (χ2v) is 5.21. The molecule has 2 aromatic carbocycles. The van der Waals surface area contributed by atoms with Crippen molar-refractivity contribution in [3.63, 3.8) is 0 Å². The summed E-state index contributed by atoms with van der Waals surface area (Å²) in [4.78, 5) is 23.5. The number of carbonyl (C=O) groups excluding carboxylic acids is 2. The lowest BCUT2D eigenvalue weighted by molar-refractivity contribution is -0.118. The maximum atomic E-state index is 12.0. The van der Waals surface area contributed by atoms with Crippen LogP contribution in [0.25, 0.3) is 0 Å². The first-order valence-corrected chi connectivity index (χ1v) is 7.07. The Labute approximate surface area is 130 Å². The van der Waals surface area contributed by atoms with Crippen LogP contribution in [0.1, 0.15) is 28.4 Å². The third-order valence-corrected chi connectivity index (χ3v) is 3.27. The van der Waals surface area contributed by atoms with E-state index in [1.54, 1.807) is 24.3 Å². The Morgan fingerprint density at radius 2 is 1.82 bits per heavy atom. The summed E-state index contributed by atoms with van der Waals surface area (Å²) >= 11 is 0. The molecule has 0 aliphatic rings. The molecule has 0 atom stereocenters. The molecule has 0 aliphatic carbocycles. The minimum atomic E-state index is -0.298. The van der Waals surface area contributed by atoms with E-state index in [0.717, 1.165) is 11.1 Å². The zero-order valence-electron chi connectivity index (χ0n) is 13.0. The molecular weight excluding hydrogens is 278 g/mol. The first-order chi connectivity index (χ1) is 10.5. The number of aryl methyl sites for hydroxylation is 2. The topological polar surface area (TPSA) is 55.4 Å². The van der Waals surface area contributed by atoms with E-state index in [2.05, 4.69) is 5.32 Å². The second-order valence-electron chi connectivity index (χ2n) is 5.21. The smallest absolute Gasteiger partial charge is 0.262 e. The molecule has 114 valence electrons. The zero-order valence-corrected chi connectivity index (χ0v) is 13.0. The molecule has 22 heavy (non-hydrogen) atoms. The normalized spacial score (nSPS) is 10.1. The van der Waals surface area contributed by atoms with E-state index in [9.17, 15) is 9.59 Å². The minimum absolute atomic E-state index is 0.0915. The second kappa shape index (κ2) is 6.89. The molecule has 1 amide bonds. The molecule has 0 radical (unpaired) electrons. The van der Waals surface area contributed by atoms with Crippen LogP contribution in [0.3, 0.4) is 0 Å². The number of rotatable bonds is 5. The average molecular weight is 297 g/mol. The fourth-order valence-electron chi connectivity index (χ4n) is 2.19. The van der Waals surface area contributed by atoms with Crippen molar-refractivity contribution in [2.75, 3.05) is 11.9 Å². The van der Waals surface area contributed by atoms with Gasteiger partial charge in [0.1, 0.15) is 5.75 Å². The van der Waals surface area contributed by atoms with Gasteiger partial charge in [-0.15, -0.1) is 0 Å². The summed E-state index contributed by atoms with van der Waals surface area (Å²) in [5, 5.41) is 2.71. The summed E-state index contributed by atoms with van der Waals surface area (Å²) < 4.78 is 5.53. The zero-order chi connectivity index (χ0) is 16.1. The van der Waals surface area contributed by atoms with Gasteiger partial charge in [0.2, 0.25) is 0 Å². The number of anilines is 1. The Morgan fingerprint density at radius 1 is 1.09 bits per heavy atom. The quantitative estimate of drug-likeness (QED) is 0.859. The van der Waals surface area contributed by atoms with Gasteiger partial charge in [-0.3, -0.25) is 9.59 Å². The van der Waals surface area contributed by atoms with Crippen molar-refractivity contribution in [1.82, 2.24) is 0 Å². The van der Waals surface area contributed by atoms with Crippen LogP contribution in [-0.2, 0) is 4.79 Å². The summed E-state index contributed by atoms with van der Waals surface area (Å²) in [5.74, 6) is 0.292. The fraction of sp³-hybridized carbons (Fsp3) is 0.222. The fourth-order valence-corrected chi connectivity index (χ4v) is 2.19. The molecule has 0 aliphatic heterocycles. The predicted octanol–water partition coefficient (Wildman–Crippen LogP) is 3.52. The Kier molecular flexibility index (Phi) is 4.94. The number of ketones is 1. The van der Waals surface area contributed by atoms with Gasteiger partial charge in [-0.1, -0.05) is 29.8 Å². The summed E-state index contributed by atoms with van der Waals surface area (Å²) in [7, 11) is 0. The van der Waals surface area contributed by atoms with E-state index in [1.807, 2.05) is 32.0 Å². The Hall–Kier alpha value is -2.62. The molecule has 0 spiro atoms. The first-order valence-electron chi connectivity index (χ1n) is 7.07. The van der Waals surface area contributed by atoms with E-state index in [0.29, 0.717) is 17.0 Å². The predicted molar refractivity (Wildman–Crippen MR) is 86.5 cm³/mol. The minimum Gasteiger partial charge on any atom is -0.483 e. The van der Waals surface area contributed by atoms with Crippen LogP contribution >= 0.6 is 0 Å². The highest BCUT2D eigenvalue weighted by Crippen LogP contribution is 2.19. The lowest BCUT2D eigenvalue weighted by atomic mass is 10.1. The highest BCUT2D eigenvalue weighted by molar-refractivity contribution is 6.03. The van der Waals surface area contributed by atoms with Gasteiger partial charge in [0.25, 0.3) is 5.91 Å². The molecule has 0 fully saturated rings. The molecule has 2 rings (SSSR count). The Morgan fingerprint density at radius 3 is 2.50 bits per heavy atom. The molecule has 0 bridgehead atoms. The summed E-state index contributed by atoms with van der Waals surface area (Å²) in [6.45, 7) is 5.31. The summed E-state index contributed by atoms with van der Waals surface area (Å²) in [5.41, 5.74) is 3.12. The molecular formula is C18H19NO3. The molecule has 4 heteroatoms. The lowest BCUT2D eigenvalue weighted by Gasteiger charge is -2.11. The standard InChI is InChI=1S/C18H19NO3/c1-12-8-9-17(13(2)10-12)22-11-18(21)19-16-7-5-4-6-15(16)14(3)20/h4-10H,11H2,1-3H3,(H,19,21). The van der Waals surface area contributed by atoms with E-state index < -0.39 is 0 Å². The van der Waals surface area contributed by atoms with E-state index >= 15 is 0 Å². The van der Waals surface area contributed by atoms with Crippen LogP contribution in [-0.4, -0.2) is 18.3 Å². The van der Waals surface area contributed by atoms with Crippen molar-refractivity contribution in [2.45, 2.75) is 20.8 Å². The van der Waals surface area contributed by atoms with Gasteiger partial charge in [-0.2, -0.15) is 0 Å². The molecule has 1 N–H and O–H groups in total. The largest absolute Gasteiger partial charge is 0.483 e. The number of Topliss-reactive ketones (excluding diaryl/α,β-unsaturated/α-hetero) is 1. The number of para-hydroxylation sites is 1. The number of hydrogen-bond acceptors (Lipinski definition) is 3. The van der Waals surface area contributed by atoms with Gasteiger partial charge in [0.15, 0.2) is 12.4 Å². The van der Waals surface area contributed by atoms with Crippen LogP contribution in [0.15, 0.2) is 42.5 Å². The lowest BCUT2D eigenvalue weighted by Crippen LogP contribution is -2.21. The first kappa shape index (κ1) is 15.8. The Bertz CT molecular complexity index is 707. The van der Waals surface area contributed by atoms with Crippen LogP contribution in [0.4, 0.5) is 5.69 Å². The van der Waals surface area contributed by atoms with Gasteiger partial charge >= 0.3 is 0 Å². The van der Waals surface area contributed by atoms with Crippen LogP contribution in [0, 0.1) is 13.8 Å². The SMILES string of the molecule is CC(=O)c1ccccc1NC(=O)COc1ccc(C)cc1C. The summed E-state index contributed by atoms with van der Waals surface area (Å²) in [6, 6.07) is 12.7. The van der Waals surface area contributed by atoms with Crippen LogP contribution in [0.2, 0.25) is 0 Å². The van der Waals surface area contributed by atoms with Gasteiger partial charge < -0.3 is 10.1 Å². The Balaban J connectivity index is 2.00. The third-order valence-electron chi connectivity index (χ3n) is 3.27. The van der Waals surface area contributed by atoms with E-state index in [-0.39, 0.29) is 18.3 Å². The molecule has 0 heterocycles. The number of ether oxygens (including phenoxy) is 1. The van der Waals surface area contributed by atoms with Crippen molar-refractivity contribution in [2.24, 2.45) is 0 Å². The number of hydrogen-bond donors (Lipinski definition) is 1. The molecule has 0 saturated carbocycles. The average Bonchev–Trinajstić information content (AvgIpc) is 2.46. The molecule has 4 nitrogen and oxygen atoms in total. The molecule has 0 unspecified atom stereocenters. The summed E-state index contributed by atoms with van der Waals surface area (Å²) in [6.07, 6.45) is 0. The van der Waals surface area contributed by atoms with Crippen molar-refractivity contribution in [3.8, 4) is 5.75 Å². The molecule has 2 aromatic rings. The third kappa shape index (κ3) is 3.95. The molecule has 0 saturated heterocycles. The van der Waals surface area contributed by atoms with Crippen molar-refractivity contribution >= 4 is 17.4 Å². The van der Waals surface area contributed by atoms with Crippen molar-refractivity contribution in [3.05, 3.63) is 59.2 Å². The number of carbonyl (C=O) groups is 2. The van der Waals surface area contributed by atoms with E-state index in [1.165, 1.54) is 6.92 Å². The monoisotopic (exact) mass is 297 g/mol. The van der Waals surface area contributed by atoms with Gasteiger partial charge in [-0.05, 0) is 44.5 Å². The number of nitrogens with one attached hydrogen (secondary N) is 1. The maximum absolute atomic E-state index is 12.0. The van der Waals surface area contributed by atoms with Crippen LogP contribution in [0.5, 0.6) is 5.75 Å². The van der Waals surface area contributed by atoms with Gasteiger partial charge in [0, 0.05) is 5.56 Å². The van der Waals surface area contributed by atoms with Crippen LogP contribution < -0.4 is 10.1 Å². The van der Waals surface area contributed by atoms with Gasteiger partial charge in [-0.25, -0.2) is 0 Å². The number of amides is 1. The van der Waals surface area contributed by atoms with Crippen molar-refractivity contribution < 1.29 is 14.3 Å².